The van der Waals surface area contributed by atoms with Crippen molar-refractivity contribution < 1.29 is 28.6 Å². The highest BCUT2D eigenvalue weighted by Crippen LogP contribution is 2.58. The van der Waals surface area contributed by atoms with Crippen molar-refractivity contribution in [2.45, 2.75) is 17.9 Å². The Kier molecular flexibility index (Phi) is 5.81. The molecule has 1 aliphatic carbocycles. The van der Waals surface area contributed by atoms with Gasteiger partial charge in [-0.05, 0) is 60.5 Å². The van der Waals surface area contributed by atoms with Gasteiger partial charge in [0.05, 0.1) is 11.1 Å². The smallest absolute Gasteiger partial charge is 0.343 e. The zero-order valence-corrected chi connectivity index (χ0v) is 20.1. The van der Waals surface area contributed by atoms with Crippen LogP contribution in [-0.2, 0) is 9.53 Å². The summed E-state index contributed by atoms with van der Waals surface area (Å²) in [6.45, 7) is 0. The van der Waals surface area contributed by atoms with Crippen molar-refractivity contribution in [2.24, 2.45) is 4.99 Å². The lowest BCUT2D eigenvalue weighted by Gasteiger charge is -2.11. The molecule has 2 aliphatic rings. The van der Waals surface area contributed by atoms with E-state index < -0.39 is 23.4 Å². The van der Waals surface area contributed by atoms with Gasteiger partial charge < -0.3 is 14.2 Å². The van der Waals surface area contributed by atoms with Crippen LogP contribution < -0.4 is 9.47 Å². The quantitative estimate of drug-likeness (QED) is 0.260. The Morgan fingerprint density at radius 2 is 1.24 bits per heavy atom. The Morgan fingerprint density at radius 3 is 1.76 bits per heavy atom. The molecule has 38 heavy (non-hydrogen) atoms. The first kappa shape index (κ1) is 23.4. The second-order valence-electron chi connectivity index (χ2n) is 9.10. The highest BCUT2D eigenvalue weighted by atomic mass is 16.6. The van der Waals surface area contributed by atoms with Crippen LogP contribution in [0.25, 0.3) is 0 Å². The van der Waals surface area contributed by atoms with Crippen LogP contribution in [0.3, 0.4) is 0 Å². The summed E-state index contributed by atoms with van der Waals surface area (Å²) in [5.41, 5.74) is 1.05. The van der Waals surface area contributed by atoms with Crippen LogP contribution in [0, 0.1) is 0 Å². The van der Waals surface area contributed by atoms with E-state index in [-0.39, 0.29) is 23.3 Å². The van der Waals surface area contributed by atoms with Crippen LogP contribution in [0.5, 0.6) is 11.5 Å². The van der Waals surface area contributed by atoms with Gasteiger partial charge in [0.1, 0.15) is 11.5 Å². The number of carbonyl (C=O) groups is 3. The van der Waals surface area contributed by atoms with E-state index >= 15 is 0 Å². The van der Waals surface area contributed by atoms with Gasteiger partial charge in [0.25, 0.3) is 0 Å². The lowest BCUT2D eigenvalue weighted by Crippen LogP contribution is -2.19. The van der Waals surface area contributed by atoms with E-state index in [1.807, 2.05) is 30.3 Å². The normalized spacial score (nSPS) is 19.4. The van der Waals surface area contributed by atoms with E-state index in [1.165, 1.54) is 6.07 Å². The average Bonchev–Trinajstić information content (AvgIpc) is 3.60. The van der Waals surface area contributed by atoms with Crippen LogP contribution in [0.2, 0.25) is 0 Å². The second kappa shape index (κ2) is 9.44. The first-order valence-electron chi connectivity index (χ1n) is 12.1. The molecule has 1 aliphatic heterocycles. The first-order chi connectivity index (χ1) is 18.5. The fraction of sp³-hybridized carbons (Fsp3) is 0.0968. The van der Waals surface area contributed by atoms with Crippen molar-refractivity contribution in [2.75, 3.05) is 0 Å². The average molecular weight is 504 g/mol. The maximum Gasteiger partial charge on any atom is 0.343 e. The van der Waals surface area contributed by atoms with Crippen LogP contribution in [0.15, 0.2) is 114 Å². The summed E-state index contributed by atoms with van der Waals surface area (Å²) in [4.78, 5) is 43.0. The fourth-order valence-electron chi connectivity index (χ4n) is 4.52. The van der Waals surface area contributed by atoms with E-state index in [2.05, 4.69) is 4.99 Å². The van der Waals surface area contributed by atoms with E-state index in [9.17, 15) is 14.4 Å². The highest BCUT2D eigenvalue weighted by Gasteiger charge is 2.66. The van der Waals surface area contributed by atoms with Crippen molar-refractivity contribution >= 4 is 23.8 Å². The van der Waals surface area contributed by atoms with Gasteiger partial charge in [0.2, 0.25) is 5.90 Å². The predicted octanol–water partition coefficient (Wildman–Crippen LogP) is 5.35. The summed E-state index contributed by atoms with van der Waals surface area (Å²) in [5.74, 6) is -1.23. The second-order valence-corrected chi connectivity index (χ2v) is 9.10. The number of hydrogen-bond donors (Lipinski definition) is 0. The van der Waals surface area contributed by atoms with Gasteiger partial charge in [-0.15, -0.1) is 0 Å². The zero-order chi connectivity index (χ0) is 26.1. The molecule has 0 saturated heterocycles. The van der Waals surface area contributed by atoms with Gasteiger partial charge in [0.15, 0.2) is 5.54 Å². The van der Waals surface area contributed by atoms with Crippen LogP contribution >= 0.6 is 0 Å². The molecule has 186 valence electrons. The lowest BCUT2D eigenvalue weighted by atomic mass is 10.1. The Balaban J connectivity index is 1.32. The van der Waals surface area contributed by atoms with Gasteiger partial charge in [-0.2, -0.15) is 0 Å². The van der Waals surface area contributed by atoms with Crippen LogP contribution in [0.1, 0.15) is 44.2 Å². The molecule has 1 fully saturated rings. The van der Waals surface area contributed by atoms with E-state index in [0.29, 0.717) is 28.7 Å². The van der Waals surface area contributed by atoms with Crippen molar-refractivity contribution in [1.29, 1.82) is 0 Å². The molecular formula is C31H21NO6. The van der Waals surface area contributed by atoms with Crippen LogP contribution in [0.4, 0.5) is 0 Å². The minimum atomic E-state index is -1.06. The molecule has 0 amide bonds. The molecule has 7 nitrogen and oxygen atoms in total. The summed E-state index contributed by atoms with van der Waals surface area (Å²) in [7, 11) is 0. The van der Waals surface area contributed by atoms with Gasteiger partial charge in [-0.3, -0.25) is 0 Å². The summed E-state index contributed by atoms with van der Waals surface area (Å²) in [6, 6.07) is 31.2. The number of aliphatic imine (C=N–C) groups is 1. The molecule has 7 heteroatoms. The molecule has 0 aromatic heterocycles. The fourth-order valence-corrected chi connectivity index (χ4v) is 4.52. The summed E-state index contributed by atoms with van der Waals surface area (Å²) < 4.78 is 16.8. The standard InChI is InChI=1S/C31H21NO6/c33-28(21-12-6-2-7-13-21)36-24-16-23(17-25(18-24)37-29(34)22-14-8-3-9-15-22)26-19-31(26)30(35)38-27(32-31)20-10-4-1-5-11-20/h1-18,26H,19H2. The predicted molar refractivity (Wildman–Crippen MR) is 138 cm³/mol. The molecule has 1 saturated carbocycles. The molecule has 2 unspecified atom stereocenters. The maximum absolute atomic E-state index is 12.9. The lowest BCUT2D eigenvalue weighted by molar-refractivity contribution is -0.136. The molecule has 0 radical (unpaired) electrons. The third-order valence-electron chi connectivity index (χ3n) is 6.54. The third kappa shape index (κ3) is 4.46. The molecule has 4 aromatic carbocycles. The summed E-state index contributed by atoms with van der Waals surface area (Å²) >= 11 is 0. The first-order valence-corrected chi connectivity index (χ1v) is 12.1. The Hall–Kier alpha value is -5.04. The van der Waals surface area contributed by atoms with Gasteiger partial charge >= 0.3 is 17.9 Å². The number of carbonyl (C=O) groups excluding carboxylic acids is 3. The van der Waals surface area contributed by atoms with Gasteiger partial charge in [-0.1, -0.05) is 54.6 Å². The SMILES string of the molecule is O=C(Oc1cc(OC(=O)c2ccccc2)cc(C2CC23N=C(c2ccccc2)OC3=O)c1)c1ccccc1. The molecular weight excluding hydrogens is 482 g/mol. The van der Waals surface area contributed by atoms with E-state index in [0.717, 1.165) is 0 Å². The topological polar surface area (TPSA) is 91.3 Å². The van der Waals surface area contributed by atoms with Gasteiger partial charge in [0, 0.05) is 17.5 Å². The summed E-state index contributed by atoms with van der Waals surface area (Å²) in [6.07, 6.45) is 0.421. The Labute approximate surface area is 218 Å². The minimum absolute atomic E-state index is 0.188. The molecule has 6 rings (SSSR count). The number of esters is 3. The molecule has 1 spiro atoms. The third-order valence-corrected chi connectivity index (χ3v) is 6.54. The zero-order valence-electron chi connectivity index (χ0n) is 20.1. The monoisotopic (exact) mass is 503 g/mol. The number of nitrogens with zero attached hydrogens (tertiary/aromatic N) is 1. The Bertz CT molecular complexity index is 1490. The Morgan fingerprint density at radius 1 is 0.737 bits per heavy atom. The maximum atomic E-state index is 12.9. The largest absolute Gasteiger partial charge is 0.423 e. The molecule has 0 bridgehead atoms. The molecule has 0 N–H and O–H groups in total. The number of cyclic esters (lactones) is 1. The molecule has 2 atom stereocenters. The number of ether oxygens (including phenoxy) is 3. The van der Waals surface area contributed by atoms with Crippen LogP contribution in [-0.4, -0.2) is 29.3 Å². The van der Waals surface area contributed by atoms with Gasteiger partial charge in [-0.25, -0.2) is 19.4 Å². The van der Waals surface area contributed by atoms with Crippen molar-refractivity contribution in [3.05, 3.63) is 131 Å². The van der Waals surface area contributed by atoms with E-state index in [1.54, 1.807) is 72.8 Å². The summed E-state index contributed by atoms with van der Waals surface area (Å²) in [5, 5.41) is 0. The molecule has 4 aromatic rings. The van der Waals surface area contributed by atoms with Crippen molar-refractivity contribution in [1.82, 2.24) is 0 Å². The van der Waals surface area contributed by atoms with Crippen molar-refractivity contribution in [3.8, 4) is 11.5 Å². The molecule has 1 heterocycles. The van der Waals surface area contributed by atoms with E-state index in [4.69, 9.17) is 14.2 Å². The minimum Gasteiger partial charge on any atom is -0.423 e. The number of benzene rings is 4. The van der Waals surface area contributed by atoms with Crippen molar-refractivity contribution in [3.63, 3.8) is 0 Å². The number of hydrogen-bond acceptors (Lipinski definition) is 7. The highest BCUT2D eigenvalue weighted by molar-refractivity contribution is 6.10. The number of rotatable bonds is 6.